The third-order valence-electron chi connectivity index (χ3n) is 2.31. The molecule has 0 aliphatic heterocycles. The maximum absolute atomic E-state index is 13.3. The van der Waals surface area contributed by atoms with Crippen molar-refractivity contribution in [3.05, 3.63) is 54.1 Å². The molecule has 1 heterocycles. The van der Waals surface area contributed by atoms with Crippen LogP contribution in [0.25, 0.3) is 0 Å². The molecule has 2 aromatic rings. The number of hydrogen-bond acceptors (Lipinski definition) is 4. The van der Waals surface area contributed by atoms with Gasteiger partial charge < -0.3 is 5.32 Å². The van der Waals surface area contributed by atoms with Gasteiger partial charge in [-0.1, -0.05) is 30.0 Å². The summed E-state index contributed by atoms with van der Waals surface area (Å²) < 4.78 is 13.3. The highest BCUT2D eigenvalue weighted by Gasteiger charge is 2.06. The lowest BCUT2D eigenvalue weighted by Gasteiger charge is -2.05. The molecule has 0 bridgehead atoms. The number of rotatable bonds is 5. The van der Waals surface area contributed by atoms with Gasteiger partial charge in [0, 0.05) is 24.5 Å². The Hall–Kier alpha value is -1.95. The van der Waals surface area contributed by atoms with Gasteiger partial charge in [-0.3, -0.25) is 4.79 Å². The van der Waals surface area contributed by atoms with Crippen LogP contribution in [0, 0.1) is 5.82 Å². The van der Waals surface area contributed by atoms with E-state index in [9.17, 15) is 9.18 Å². The van der Waals surface area contributed by atoms with E-state index in [1.54, 1.807) is 36.7 Å². The van der Waals surface area contributed by atoms with Crippen molar-refractivity contribution in [3.8, 4) is 0 Å². The fraction of sp³-hybridized carbons (Fsp3) is 0.154. The summed E-state index contributed by atoms with van der Waals surface area (Å²) in [5, 5.41) is 3.20. The van der Waals surface area contributed by atoms with Gasteiger partial charge in [-0.15, -0.1) is 0 Å². The molecule has 2 rings (SSSR count). The van der Waals surface area contributed by atoms with Crippen molar-refractivity contribution in [2.75, 3.05) is 5.75 Å². The minimum Gasteiger partial charge on any atom is -0.351 e. The average molecular weight is 277 g/mol. The fourth-order valence-corrected chi connectivity index (χ4v) is 2.01. The van der Waals surface area contributed by atoms with Gasteiger partial charge in [0.1, 0.15) is 5.82 Å². The predicted molar refractivity (Wildman–Crippen MR) is 71.0 cm³/mol. The van der Waals surface area contributed by atoms with E-state index in [0.29, 0.717) is 10.7 Å². The lowest BCUT2D eigenvalue weighted by Crippen LogP contribution is -2.25. The van der Waals surface area contributed by atoms with E-state index in [1.165, 1.54) is 17.8 Å². The van der Waals surface area contributed by atoms with Crippen LogP contribution < -0.4 is 5.32 Å². The average Bonchev–Trinajstić information content (AvgIpc) is 2.45. The zero-order chi connectivity index (χ0) is 13.5. The number of carbonyl (C=O) groups is 1. The van der Waals surface area contributed by atoms with Gasteiger partial charge in [0.25, 0.3) is 0 Å². The number of amides is 1. The second kappa shape index (κ2) is 6.84. The van der Waals surface area contributed by atoms with Crippen molar-refractivity contribution in [1.29, 1.82) is 0 Å². The van der Waals surface area contributed by atoms with E-state index in [4.69, 9.17) is 0 Å². The maximum atomic E-state index is 13.3. The summed E-state index contributed by atoms with van der Waals surface area (Å²) in [5.41, 5.74) is 0.469. The van der Waals surface area contributed by atoms with E-state index in [2.05, 4.69) is 15.3 Å². The topological polar surface area (TPSA) is 54.9 Å². The molecule has 4 nitrogen and oxygen atoms in total. The number of halogens is 1. The molecule has 1 aromatic heterocycles. The normalized spacial score (nSPS) is 10.2. The maximum Gasteiger partial charge on any atom is 0.230 e. The summed E-state index contributed by atoms with van der Waals surface area (Å²) in [6, 6.07) is 8.07. The van der Waals surface area contributed by atoms with Crippen molar-refractivity contribution in [2.45, 2.75) is 11.7 Å². The number of benzene rings is 1. The molecule has 1 N–H and O–H groups in total. The van der Waals surface area contributed by atoms with Crippen LogP contribution >= 0.6 is 11.8 Å². The van der Waals surface area contributed by atoms with Gasteiger partial charge in [0.05, 0.1) is 5.75 Å². The van der Waals surface area contributed by atoms with Crippen LogP contribution in [0.3, 0.4) is 0 Å². The quantitative estimate of drug-likeness (QED) is 0.671. The third kappa shape index (κ3) is 4.33. The molecule has 1 aromatic carbocycles. The number of nitrogens with zero attached hydrogens (tertiary/aromatic N) is 2. The molecule has 0 saturated carbocycles. The molecule has 0 unspecified atom stereocenters. The molecule has 0 radical (unpaired) electrons. The molecule has 6 heteroatoms. The monoisotopic (exact) mass is 277 g/mol. The highest BCUT2D eigenvalue weighted by Crippen LogP contribution is 2.10. The third-order valence-corrected chi connectivity index (χ3v) is 3.18. The first-order chi connectivity index (χ1) is 9.25. The van der Waals surface area contributed by atoms with Gasteiger partial charge in [0.2, 0.25) is 5.91 Å². The van der Waals surface area contributed by atoms with E-state index < -0.39 is 0 Å². The Bertz CT molecular complexity index is 551. The number of hydrogen-bond donors (Lipinski definition) is 1. The minimum atomic E-state index is -0.318. The van der Waals surface area contributed by atoms with Crippen LogP contribution in [-0.2, 0) is 11.3 Å². The Labute approximate surface area is 114 Å². The second-order valence-corrected chi connectivity index (χ2v) is 4.63. The van der Waals surface area contributed by atoms with Gasteiger partial charge in [-0.25, -0.2) is 14.4 Å². The van der Waals surface area contributed by atoms with Gasteiger partial charge in [0.15, 0.2) is 5.16 Å². The van der Waals surface area contributed by atoms with E-state index >= 15 is 0 Å². The standard InChI is InChI=1S/C13H12FN3OS/c14-11-5-2-1-4-10(11)8-17-12(18)9-19-13-15-6-3-7-16-13/h1-7H,8-9H2,(H,17,18). The molecule has 0 fully saturated rings. The molecule has 0 saturated heterocycles. The molecule has 19 heavy (non-hydrogen) atoms. The number of nitrogens with one attached hydrogen (secondary N) is 1. The van der Waals surface area contributed by atoms with E-state index in [1.807, 2.05) is 0 Å². The first-order valence-electron chi connectivity index (χ1n) is 5.65. The van der Waals surface area contributed by atoms with Crippen LogP contribution in [0.4, 0.5) is 4.39 Å². The zero-order valence-corrected chi connectivity index (χ0v) is 10.9. The second-order valence-electron chi connectivity index (χ2n) is 3.69. The van der Waals surface area contributed by atoms with Gasteiger partial charge >= 0.3 is 0 Å². The fourth-order valence-electron chi connectivity index (χ4n) is 1.38. The largest absolute Gasteiger partial charge is 0.351 e. The Kier molecular flexibility index (Phi) is 4.85. The first-order valence-corrected chi connectivity index (χ1v) is 6.64. The summed E-state index contributed by atoms with van der Waals surface area (Å²) in [6.07, 6.45) is 3.24. The molecular formula is C13H12FN3OS. The molecule has 0 aliphatic carbocycles. The van der Waals surface area contributed by atoms with Crippen molar-refractivity contribution in [2.24, 2.45) is 0 Å². The van der Waals surface area contributed by atoms with Gasteiger partial charge in [-0.2, -0.15) is 0 Å². The van der Waals surface area contributed by atoms with Crippen LogP contribution in [-0.4, -0.2) is 21.6 Å². The van der Waals surface area contributed by atoms with Crippen molar-refractivity contribution >= 4 is 17.7 Å². The van der Waals surface area contributed by atoms with Crippen LogP contribution in [0.5, 0.6) is 0 Å². The summed E-state index contributed by atoms with van der Waals surface area (Å²) in [7, 11) is 0. The van der Waals surface area contributed by atoms with Gasteiger partial charge in [-0.05, 0) is 12.1 Å². The Morgan fingerprint density at radius 1 is 1.21 bits per heavy atom. The molecule has 0 atom stereocenters. The van der Waals surface area contributed by atoms with Crippen LogP contribution in [0.1, 0.15) is 5.56 Å². The smallest absolute Gasteiger partial charge is 0.230 e. The Morgan fingerprint density at radius 3 is 2.68 bits per heavy atom. The van der Waals surface area contributed by atoms with Crippen molar-refractivity contribution < 1.29 is 9.18 Å². The summed E-state index contributed by atoms with van der Waals surface area (Å²) in [5.74, 6) is -0.291. The predicted octanol–water partition coefficient (Wildman–Crippen LogP) is 2.02. The zero-order valence-electron chi connectivity index (χ0n) is 10.0. The van der Waals surface area contributed by atoms with Crippen LogP contribution in [0.15, 0.2) is 47.9 Å². The summed E-state index contributed by atoms with van der Waals surface area (Å²) >= 11 is 1.24. The SMILES string of the molecule is O=C(CSc1ncccn1)NCc1ccccc1F. The highest BCUT2D eigenvalue weighted by atomic mass is 32.2. The van der Waals surface area contributed by atoms with Crippen molar-refractivity contribution in [3.63, 3.8) is 0 Å². The summed E-state index contributed by atoms with van der Waals surface area (Å²) in [4.78, 5) is 19.6. The first kappa shape index (κ1) is 13.5. The molecule has 0 aliphatic rings. The minimum absolute atomic E-state index is 0.180. The lowest BCUT2D eigenvalue weighted by molar-refractivity contribution is -0.118. The van der Waals surface area contributed by atoms with E-state index in [-0.39, 0.29) is 24.0 Å². The van der Waals surface area contributed by atoms with Crippen LogP contribution in [0.2, 0.25) is 0 Å². The molecule has 1 amide bonds. The Morgan fingerprint density at radius 2 is 1.95 bits per heavy atom. The molecule has 0 spiro atoms. The molecule has 98 valence electrons. The lowest BCUT2D eigenvalue weighted by atomic mass is 10.2. The summed E-state index contributed by atoms with van der Waals surface area (Å²) in [6.45, 7) is 0.182. The highest BCUT2D eigenvalue weighted by molar-refractivity contribution is 7.99. The Balaban J connectivity index is 1.78. The van der Waals surface area contributed by atoms with E-state index in [0.717, 1.165) is 0 Å². The molecular weight excluding hydrogens is 265 g/mol. The van der Waals surface area contributed by atoms with Crippen molar-refractivity contribution in [1.82, 2.24) is 15.3 Å². The number of thioether (sulfide) groups is 1. The number of carbonyl (C=O) groups excluding carboxylic acids is 1. The number of aromatic nitrogens is 2.